The third-order valence-electron chi connectivity index (χ3n) is 7.26. The topological polar surface area (TPSA) is 58.6 Å². The number of hydrogen-bond acceptors (Lipinski definition) is 3. The van der Waals surface area contributed by atoms with Crippen LogP contribution >= 0.6 is 0 Å². The largest absolute Gasteiger partial charge is 0.430 e. The van der Waals surface area contributed by atoms with Crippen LogP contribution in [0.3, 0.4) is 0 Å². The summed E-state index contributed by atoms with van der Waals surface area (Å²) in [5, 5.41) is 2.84. The number of rotatable bonds is 4. The highest BCUT2D eigenvalue weighted by Gasteiger charge is 2.64. The summed E-state index contributed by atoms with van der Waals surface area (Å²) < 4.78 is 61.4. The molecule has 0 aliphatic carbocycles. The standard InChI is InChI=1S/C25H26F4N2O3/c1-34-24(25(27,28)29,18-5-3-2-4-6-18)22(33)31-13-11-23(12-14-31)15-21(32)30-16-20(23)17-7-9-19(26)10-8-17/h2-10,20H,11-16H2,1H3,(H,30,32)/t20?,24-/m1/s1. The zero-order valence-corrected chi connectivity index (χ0v) is 18.7. The number of carbonyl (C=O) groups excluding carboxylic acids is 2. The maximum atomic E-state index is 14.3. The molecule has 2 atom stereocenters. The average molecular weight is 478 g/mol. The Kier molecular flexibility index (Phi) is 6.42. The van der Waals surface area contributed by atoms with Gasteiger partial charge in [-0.1, -0.05) is 42.5 Å². The van der Waals surface area contributed by atoms with Crippen molar-refractivity contribution in [2.45, 2.75) is 37.0 Å². The number of ether oxygens (including phenoxy) is 1. The molecule has 34 heavy (non-hydrogen) atoms. The molecule has 2 aliphatic heterocycles. The second-order valence-corrected chi connectivity index (χ2v) is 8.99. The van der Waals surface area contributed by atoms with Crippen molar-refractivity contribution in [2.75, 3.05) is 26.7 Å². The molecule has 2 heterocycles. The highest BCUT2D eigenvalue weighted by molar-refractivity contribution is 5.88. The second-order valence-electron chi connectivity index (χ2n) is 8.99. The first-order valence-corrected chi connectivity index (χ1v) is 11.1. The molecule has 0 radical (unpaired) electrons. The summed E-state index contributed by atoms with van der Waals surface area (Å²) in [6.45, 7) is 0.461. The Morgan fingerprint density at radius 3 is 2.24 bits per heavy atom. The molecule has 4 rings (SSSR count). The zero-order valence-electron chi connectivity index (χ0n) is 18.7. The Hall–Kier alpha value is -2.94. The molecule has 2 amide bonds. The van der Waals surface area contributed by atoms with Crippen LogP contribution < -0.4 is 5.32 Å². The fourth-order valence-corrected chi connectivity index (χ4v) is 5.41. The molecule has 9 heteroatoms. The number of amides is 2. The predicted octanol–water partition coefficient (Wildman–Crippen LogP) is 4.14. The first-order valence-electron chi connectivity index (χ1n) is 11.1. The van der Waals surface area contributed by atoms with Crippen LogP contribution in [-0.2, 0) is 19.9 Å². The van der Waals surface area contributed by atoms with Crippen LogP contribution in [0.4, 0.5) is 17.6 Å². The lowest BCUT2D eigenvalue weighted by Crippen LogP contribution is -2.60. The lowest BCUT2D eigenvalue weighted by Gasteiger charge is -2.50. The number of halogens is 4. The van der Waals surface area contributed by atoms with Crippen molar-refractivity contribution in [3.05, 3.63) is 71.5 Å². The number of piperidine rings is 2. The monoisotopic (exact) mass is 478 g/mol. The van der Waals surface area contributed by atoms with E-state index in [1.165, 1.54) is 41.3 Å². The van der Waals surface area contributed by atoms with E-state index in [1.54, 1.807) is 18.2 Å². The van der Waals surface area contributed by atoms with Crippen molar-refractivity contribution in [1.82, 2.24) is 10.2 Å². The quantitative estimate of drug-likeness (QED) is 0.672. The first-order chi connectivity index (χ1) is 16.1. The normalized spacial score (nSPS) is 22.2. The molecule has 1 unspecified atom stereocenters. The Labute approximate surface area is 195 Å². The minimum atomic E-state index is -4.98. The molecule has 1 spiro atoms. The molecule has 182 valence electrons. The van der Waals surface area contributed by atoms with E-state index in [-0.39, 0.29) is 42.7 Å². The van der Waals surface area contributed by atoms with Crippen LogP contribution in [0.1, 0.15) is 36.3 Å². The maximum Gasteiger partial charge on any atom is 0.430 e. The molecular weight excluding hydrogens is 452 g/mol. The Morgan fingerprint density at radius 1 is 1.06 bits per heavy atom. The van der Waals surface area contributed by atoms with Gasteiger partial charge in [0.25, 0.3) is 11.5 Å². The summed E-state index contributed by atoms with van der Waals surface area (Å²) in [5.74, 6) is -1.81. The van der Waals surface area contributed by atoms with E-state index in [0.717, 1.165) is 12.7 Å². The lowest BCUT2D eigenvalue weighted by molar-refractivity contribution is -0.271. The van der Waals surface area contributed by atoms with E-state index in [1.807, 2.05) is 0 Å². The molecule has 5 nitrogen and oxygen atoms in total. The van der Waals surface area contributed by atoms with Gasteiger partial charge in [0.1, 0.15) is 5.82 Å². The van der Waals surface area contributed by atoms with E-state index >= 15 is 0 Å². The fourth-order valence-electron chi connectivity index (χ4n) is 5.41. The van der Waals surface area contributed by atoms with Gasteiger partial charge in [-0.05, 0) is 36.0 Å². The molecule has 1 N–H and O–H groups in total. The lowest BCUT2D eigenvalue weighted by atomic mass is 9.62. The van der Waals surface area contributed by atoms with Crippen molar-refractivity contribution < 1.29 is 31.9 Å². The van der Waals surface area contributed by atoms with Crippen molar-refractivity contribution >= 4 is 11.8 Å². The van der Waals surface area contributed by atoms with Gasteiger partial charge in [0.05, 0.1) is 0 Å². The molecule has 0 saturated carbocycles. The number of hydrogen-bond donors (Lipinski definition) is 1. The summed E-state index contributed by atoms with van der Waals surface area (Å²) in [5.41, 5.74) is -3.07. The summed E-state index contributed by atoms with van der Waals surface area (Å²) in [4.78, 5) is 26.9. The second kappa shape index (κ2) is 9.02. The van der Waals surface area contributed by atoms with Crippen molar-refractivity contribution in [1.29, 1.82) is 0 Å². The zero-order chi connectivity index (χ0) is 24.6. The predicted molar refractivity (Wildman–Crippen MR) is 116 cm³/mol. The van der Waals surface area contributed by atoms with Gasteiger partial charge in [0, 0.05) is 44.6 Å². The molecule has 0 aromatic heterocycles. The summed E-state index contributed by atoms with van der Waals surface area (Å²) in [7, 11) is 0.889. The third-order valence-corrected chi connectivity index (χ3v) is 7.26. The number of methoxy groups -OCH3 is 1. The SMILES string of the molecule is CO[C@@](C(=O)N1CCC2(CC1)CC(=O)NCC2c1ccc(F)cc1)(c1ccccc1)C(F)(F)F. The number of carbonyl (C=O) groups is 2. The van der Waals surface area contributed by atoms with Gasteiger partial charge in [0.15, 0.2) is 0 Å². The molecule has 2 saturated heterocycles. The molecule has 2 aliphatic rings. The summed E-state index contributed by atoms with van der Waals surface area (Å²) >= 11 is 0. The van der Waals surface area contributed by atoms with Gasteiger partial charge in [-0.15, -0.1) is 0 Å². The van der Waals surface area contributed by atoms with Gasteiger partial charge in [-0.25, -0.2) is 4.39 Å². The van der Waals surface area contributed by atoms with Gasteiger partial charge in [-0.3, -0.25) is 9.59 Å². The van der Waals surface area contributed by atoms with Crippen LogP contribution in [-0.4, -0.2) is 49.6 Å². The first kappa shape index (κ1) is 24.2. The number of nitrogens with one attached hydrogen (secondary N) is 1. The molecule has 2 fully saturated rings. The summed E-state index contributed by atoms with van der Waals surface area (Å²) in [6, 6.07) is 13.0. The van der Waals surface area contributed by atoms with Gasteiger partial charge in [0.2, 0.25) is 5.91 Å². The average Bonchev–Trinajstić information content (AvgIpc) is 2.81. The highest BCUT2D eigenvalue weighted by atomic mass is 19.4. The van der Waals surface area contributed by atoms with Crippen LogP contribution in [0.15, 0.2) is 54.6 Å². The van der Waals surface area contributed by atoms with Crippen LogP contribution in [0, 0.1) is 11.2 Å². The Balaban J connectivity index is 1.61. The van der Waals surface area contributed by atoms with E-state index in [2.05, 4.69) is 5.32 Å². The van der Waals surface area contributed by atoms with Crippen LogP contribution in [0.5, 0.6) is 0 Å². The van der Waals surface area contributed by atoms with Gasteiger partial charge in [-0.2, -0.15) is 13.2 Å². The summed E-state index contributed by atoms with van der Waals surface area (Å²) in [6.07, 6.45) is -4.08. The number of nitrogens with zero attached hydrogens (tertiary/aromatic N) is 1. The van der Waals surface area contributed by atoms with Gasteiger partial charge >= 0.3 is 6.18 Å². The van der Waals surface area contributed by atoms with Crippen molar-refractivity contribution in [2.24, 2.45) is 5.41 Å². The van der Waals surface area contributed by atoms with Gasteiger partial charge < -0.3 is 15.0 Å². The smallest absolute Gasteiger partial charge is 0.356 e. The minimum Gasteiger partial charge on any atom is -0.356 e. The minimum absolute atomic E-state index is 0.0534. The van der Waals surface area contributed by atoms with E-state index in [9.17, 15) is 27.2 Å². The molecule has 0 bridgehead atoms. The number of benzene rings is 2. The molecule has 2 aromatic rings. The van der Waals surface area contributed by atoms with Crippen molar-refractivity contribution in [3.8, 4) is 0 Å². The molecular formula is C25H26F4N2O3. The Bertz CT molecular complexity index is 1030. The van der Waals surface area contributed by atoms with Crippen LogP contribution in [0.2, 0.25) is 0 Å². The third kappa shape index (κ3) is 4.06. The number of alkyl halides is 3. The number of likely N-dealkylation sites (tertiary alicyclic amines) is 1. The molecule has 2 aromatic carbocycles. The van der Waals surface area contributed by atoms with Crippen LogP contribution in [0.25, 0.3) is 0 Å². The highest BCUT2D eigenvalue weighted by Crippen LogP contribution is 2.50. The Morgan fingerprint density at radius 2 is 1.68 bits per heavy atom. The van der Waals surface area contributed by atoms with E-state index in [0.29, 0.717) is 19.4 Å². The fraction of sp³-hybridized carbons (Fsp3) is 0.440. The van der Waals surface area contributed by atoms with E-state index in [4.69, 9.17) is 4.74 Å². The maximum absolute atomic E-state index is 14.3. The van der Waals surface area contributed by atoms with Crippen molar-refractivity contribution in [3.63, 3.8) is 0 Å². The van der Waals surface area contributed by atoms with E-state index < -0.39 is 23.1 Å².